The molecule has 4 aromatic rings. The molecule has 2 heterocycles. The Bertz CT molecular complexity index is 1190. The number of carbonyl (C=O) groups is 1. The molecule has 0 unspecified atom stereocenters. The Morgan fingerprint density at radius 1 is 1.08 bits per heavy atom. The van der Waals surface area contributed by atoms with E-state index in [0.29, 0.717) is 20.9 Å². The Morgan fingerprint density at radius 3 is 2.69 bits per heavy atom. The van der Waals surface area contributed by atoms with Crippen molar-refractivity contribution in [3.63, 3.8) is 0 Å². The molecule has 0 aliphatic heterocycles. The first-order valence-electron chi connectivity index (χ1n) is 7.73. The highest BCUT2D eigenvalue weighted by molar-refractivity contribution is 7.22. The van der Waals surface area contributed by atoms with Crippen LogP contribution in [0.1, 0.15) is 16.1 Å². The number of fused-ring (bicyclic) bond motifs is 2. The average molecular weight is 364 g/mol. The normalized spacial score (nSPS) is 11.0. The second kappa shape index (κ2) is 6.16. The molecular formula is C18H12N4O3S. The summed E-state index contributed by atoms with van der Waals surface area (Å²) >= 11 is 1.19. The van der Waals surface area contributed by atoms with Gasteiger partial charge in [0.15, 0.2) is 5.13 Å². The van der Waals surface area contributed by atoms with E-state index in [-0.39, 0.29) is 11.6 Å². The van der Waals surface area contributed by atoms with E-state index in [1.807, 2.05) is 25.1 Å². The van der Waals surface area contributed by atoms with Gasteiger partial charge in [-0.2, -0.15) is 0 Å². The minimum Gasteiger partial charge on any atom is -0.298 e. The number of nitrogens with one attached hydrogen (secondary N) is 1. The zero-order valence-corrected chi connectivity index (χ0v) is 14.4. The first kappa shape index (κ1) is 16.1. The van der Waals surface area contributed by atoms with Gasteiger partial charge in [0, 0.05) is 28.8 Å². The number of thiazole rings is 1. The number of aromatic nitrogens is 2. The molecule has 2 aromatic carbocycles. The van der Waals surface area contributed by atoms with Crippen LogP contribution in [-0.2, 0) is 0 Å². The van der Waals surface area contributed by atoms with Crippen LogP contribution >= 0.6 is 11.3 Å². The number of nitro benzene ring substituents is 1. The summed E-state index contributed by atoms with van der Waals surface area (Å²) in [7, 11) is 0. The smallest absolute Gasteiger partial charge is 0.270 e. The van der Waals surface area contributed by atoms with Crippen molar-refractivity contribution in [2.45, 2.75) is 6.92 Å². The number of hydrogen-bond acceptors (Lipinski definition) is 6. The third-order valence-electron chi connectivity index (χ3n) is 3.90. The van der Waals surface area contributed by atoms with Crippen LogP contribution in [0.5, 0.6) is 0 Å². The third-order valence-corrected chi connectivity index (χ3v) is 4.83. The van der Waals surface area contributed by atoms with Crippen molar-refractivity contribution < 1.29 is 9.72 Å². The van der Waals surface area contributed by atoms with Crippen LogP contribution < -0.4 is 5.32 Å². The maximum atomic E-state index is 12.5. The van der Waals surface area contributed by atoms with Crippen molar-refractivity contribution in [2.75, 3.05) is 5.32 Å². The number of anilines is 1. The van der Waals surface area contributed by atoms with Crippen molar-refractivity contribution in [2.24, 2.45) is 0 Å². The summed E-state index contributed by atoms with van der Waals surface area (Å²) in [5.41, 5.74) is 2.70. The Hall–Kier alpha value is -3.39. The van der Waals surface area contributed by atoms with Gasteiger partial charge in [0.2, 0.25) is 0 Å². The van der Waals surface area contributed by atoms with E-state index < -0.39 is 4.92 Å². The quantitative estimate of drug-likeness (QED) is 0.431. The summed E-state index contributed by atoms with van der Waals surface area (Å²) in [6, 6.07) is 13.6. The van der Waals surface area contributed by atoms with Gasteiger partial charge < -0.3 is 0 Å². The number of carbonyl (C=O) groups excluding carboxylic acids is 1. The summed E-state index contributed by atoms with van der Waals surface area (Å²) in [6.07, 6.45) is 0. The summed E-state index contributed by atoms with van der Waals surface area (Å²) in [5, 5.41) is 15.0. The molecule has 0 radical (unpaired) electrons. The molecule has 0 saturated carbocycles. The molecule has 0 saturated heterocycles. The first-order valence-corrected chi connectivity index (χ1v) is 8.55. The molecule has 1 N–H and O–H groups in total. The van der Waals surface area contributed by atoms with Crippen LogP contribution in [0.25, 0.3) is 21.1 Å². The van der Waals surface area contributed by atoms with Gasteiger partial charge in [-0.3, -0.25) is 25.2 Å². The third kappa shape index (κ3) is 2.98. The van der Waals surface area contributed by atoms with Crippen molar-refractivity contribution in [1.82, 2.24) is 9.97 Å². The second-order valence-corrected chi connectivity index (χ2v) is 6.77. The molecule has 1 amide bonds. The standard InChI is InChI=1S/C18H12N4O3S/c1-10-2-3-11-4-5-12(8-15(11)19-10)17(23)21-18-20-14-7-6-13(22(24)25)9-16(14)26-18/h2-9H,1H3,(H,20,21,23). The van der Waals surface area contributed by atoms with Crippen LogP contribution in [0.4, 0.5) is 10.8 Å². The van der Waals surface area contributed by atoms with Gasteiger partial charge in [-0.05, 0) is 31.2 Å². The number of rotatable bonds is 3. The highest BCUT2D eigenvalue weighted by atomic mass is 32.1. The van der Waals surface area contributed by atoms with Crippen LogP contribution in [0.15, 0.2) is 48.5 Å². The lowest BCUT2D eigenvalue weighted by atomic mass is 10.1. The monoisotopic (exact) mass is 364 g/mol. The predicted octanol–water partition coefficient (Wildman–Crippen LogP) is 4.31. The molecule has 128 valence electrons. The minimum atomic E-state index is -0.457. The average Bonchev–Trinajstić information content (AvgIpc) is 3.02. The Balaban J connectivity index is 1.63. The van der Waals surface area contributed by atoms with Gasteiger partial charge in [-0.1, -0.05) is 23.5 Å². The van der Waals surface area contributed by atoms with Crippen molar-refractivity contribution >= 4 is 49.2 Å². The number of aryl methyl sites for hydroxylation is 1. The zero-order valence-electron chi connectivity index (χ0n) is 13.6. The van der Waals surface area contributed by atoms with Crippen LogP contribution in [0.2, 0.25) is 0 Å². The fraction of sp³-hybridized carbons (Fsp3) is 0.0556. The summed E-state index contributed by atoms with van der Waals surface area (Å²) < 4.78 is 0.644. The second-order valence-electron chi connectivity index (χ2n) is 5.74. The van der Waals surface area contributed by atoms with Crippen LogP contribution in [0.3, 0.4) is 0 Å². The molecule has 4 rings (SSSR count). The van der Waals surface area contributed by atoms with E-state index in [9.17, 15) is 14.9 Å². The number of benzene rings is 2. The number of hydrogen-bond donors (Lipinski definition) is 1. The molecule has 0 bridgehead atoms. The number of non-ortho nitro benzene ring substituents is 1. The van der Waals surface area contributed by atoms with Gasteiger partial charge in [0.25, 0.3) is 11.6 Å². The van der Waals surface area contributed by atoms with E-state index in [2.05, 4.69) is 15.3 Å². The van der Waals surface area contributed by atoms with E-state index in [0.717, 1.165) is 16.6 Å². The molecule has 0 atom stereocenters. The SMILES string of the molecule is Cc1ccc2ccc(C(=O)Nc3nc4ccc([N+](=O)[O-])cc4s3)cc2n1. The van der Waals surface area contributed by atoms with Gasteiger partial charge in [-0.25, -0.2) is 4.98 Å². The summed E-state index contributed by atoms with van der Waals surface area (Å²) in [4.78, 5) is 31.6. The van der Waals surface area contributed by atoms with E-state index in [1.165, 1.54) is 23.5 Å². The van der Waals surface area contributed by atoms with Gasteiger partial charge >= 0.3 is 0 Å². The Labute approximate surface area is 151 Å². The van der Waals surface area contributed by atoms with Crippen LogP contribution in [0, 0.1) is 17.0 Å². The minimum absolute atomic E-state index is 0.00463. The number of nitro groups is 1. The lowest BCUT2D eigenvalue weighted by Crippen LogP contribution is -2.11. The lowest BCUT2D eigenvalue weighted by molar-refractivity contribution is -0.384. The van der Waals surface area contributed by atoms with Crippen molar-refractivity contribution in [1.29, 1.82) is 0 Å². The summed E-state index contributed by atoms with van der Waals surface area (Å²) in [5.74, 6) is -0.302. The molecule has 0 spiro atoms. The maximum Gasteiger partial charge on any atom is 0.270 e. The Morgan fingerprint density at radius 2 is 1.88 bits per heavy atom. The van der Waals surface area contributed by atoms with E-state index in [4.69, 9.17) is 0 Å². The number of pyridine rings is 1. The highest BCUT2D eigenvalue weighted by Gasteiger charge is 2.13. The molecule has 0 fully saturated rings. The summed E-state index contributed by atoms with van der Waals surface area (Å²) in [6.45, 7) is 1.90. The van der Waals surface area contributed by atoms with E-state index in [1.54, 1.807) is 18.2 Å². The molecule has 0 aliphatic rings. The lowest BCUT2D eigenvalue weighted by Gasteiger charge is -2.04. The van der Waals surface area contributed by atoms with E-state index >= 15 is 0 Å². The Kier molecular flexibility index (Phi) is 3.81. The fourth-order valence-corrected chi connectivity index (χ4v) is 3.50. The fourth-order valence-electron chi connectivity index (χ4n) is 2.61. The molecule has 7 nitrogen and oxygen atoms in total. The number of nitrogens with zero attached hydrogens (tertiary/aromatic N) is 3. The zero-order chi connectivity index (χ0) is 18.3. The molecule has 26 heavy (non-hydrogen) atoms. The molecule has 8 heteroatoms. The first-order chi connectivity index (χ1) is 12.5. The molecule has 0 aliphatic carbocycles. The van der Waals surface area contributed by atoms with Gasteiger partial charge in [-0.15, -0.1) is 0 Å². The predicted molar refractivity (Wildman–Crippen MR) is 101 cm³/mol. The number of amides is 1. The largest absolute Gasteiger partial charge is 0.298 e. The van der Waals surface area contributed by atoms with Gasteiger partial charge in [0.1, 0.15) is 0 Å². The molecule has 2 aromatic heterocycles. The molecular weight excluding hydrogens is 352 g/mol. The van der Waals surface area contributed by atoms with Crippen LogP contribution in [-0.4, -0.2) is 20.8 Å². The van der Waals surface area contributed by atoms with Crippen molar-refractivity contribution in [3.05, 3.63) is 69.9 Å². The maximum absolute atomic E-state index is 12.5. The highest BCUT2D eigenvalue weighted by Crippen LogP contribution is 2.29. The topological polar surface area (TPSA) is 98.0 Å². The van der Waals surface area contributed by atoms with Gasteiger partial charge in [0.05, 0.1) is 20.7 Å². The van der Waals surface area contributed by atoms with Crippen molar-refractivity contribution in [3.8, 4) is 0 Å².